The Morgan fingerprint density at radius 2 is 1.00 bits per heavy atom. The average Bonchev–Trinajstić information content (AvgIpc) is 3.07. The Kier molecular flexibility index (Phi) is 9.05. The van der Waals surface area contributed by atoms with Crippen LogP contribution in [0.4, 0.5) is 0 Å². The molecule has 0 radical (unpaired) electrons. The zero-order chi connectivity index (χ0) is 30.4. The Morgan fingerprint density at radius 3 is 1.52 bits per heavy atom. The third-order valence-electron chi connectivity index (χ3n) is 8.07. The molecule has 0 heterocycles. The van der Waals surface area contributed by atoms with E-state index in [1.165, 1.54) is 33.9 Å². The summed E-state index contributed by atoms with van der Waals surface area (Å²) in [5.41, 5.74) is 0. The van der Waals surface area contributed by atoms with Gasteiger partial charge in [-0.3, -0.25) is 0 Å². The second kappa shape index (κ2) is 13.4. The van der Waals surface area contributed by atoms with Crippen molar-refractivity contribution in [3.63, 3.8) is 0 Å². The van der Waals surface area contributed by atoms with Crippen molar-refractivity contribution < 1.29 is 14.7 Å². The Bertz CT molecular complexity index is 1880. The maximum absolute atomic E-state index is 9.14. The van der Waals surface area contributed by atoms with Gasteiger partial charge < -0.3 is 14.7 Å². The van der Waals surface area contributed by atoms with Gasteiger partial charge in [-0.25, -0.2) is 0 Å². The SMILES string of the molecule is CCC[P+](c1ccccc1)(c1ccccc1)c1ccccc1.OB(O)Oc1cccc2ccc3cc4ccccc4cc3c12. The molecule has 0 bridgehead atoms. The second-order valence-corrected chi connectivity index (χ2v) is 14.4. The van der Waals surface area contributed by atoms with Crippen molar-refractivity contribution in [3.05, 3.63) is 158 Å². The van der Waals surface area contributed by atoms with Crippen LogP contribution in [-0.2, 0) is 0 Å². The van der Waals surface area contributed by atoms with E-state index in [4.69, 9.17) is 14.7 Å². The first-order valence-electron chi connectivity index (χ1n) is 15.0. The van der Waals surface area contributed by atoms with E-state index in [2.05, 4.69) is 128 Å². The molecule has 0 fully saturated rings. The third kappa shape index (κ3) is 5.98. The van der Waals surface area contributed by atoms with E-state index >= 15 is 0 Å². The molecule has 5 heteroatoms. The van der Waals surface area contributed by atoms with Gasteiger partial charge in [0.2, 0.25) is 0 Å². The van der Waals surface area contributed by atoms with Gasteiger partial charge in [-0.15, -0.1) is 0 Å². The van der Waals surface area contributed by atoms with E-state index in [-0.39, 0.29) is 0 Å². The molecule has 44 heavy (non-hydrogen) atoms. The predicted molar refractivity (Wildman–Crippen MR) is 190 cm³/mol. The highest BCUT2D eigenvalue weighted by molar-refractivity contribution is 7.95. The summed E-state index contributed by atoms with van der Waals surface area (Å²) in [5.74, 6) is 0.466. The monoisotopic (exact) mass is 593 g/mol. The van der Waals surface area contributed by atoms with Crippen molar-refractivity contribution in [2.24, 2.45) is 0 Å². The van der Waals surface area contributed by atoms with Gasteiger partial charge in [-0.1, -0.05) is 110 Å². The number of hydrogen-bond acceptors (Lipinski definition) is 3. The summed E-state index contributed by atoms with van der Waals surface area (Å²) in [6.45, 7) is 2.30. The molecule has 0 spiro atoms. The molecule has 2 N–H and O–H groups in total. The zero-order valence-corrected chi connectivity index (χ0v) is 25.6. The van der Waals surface area contributed by atoms with Crippen LogP contribution in [0.2, 0.25) is 0 Å². The topological polar surface area (TPSA) is 49.7 Å². The molecule has 0 atom stereocenters. The van der Waals surface area contributed by atoms with E-state index < -0.39 is 14.6 Å². The van der Waals surface area contributed by atoms with E-state index in [1.54, 1.807) is 6.07 Å². The minimum absolute atomic E-state index is 0.466. The van der Waals surface area contributed by atoms with Crippen LogP contribution >= 0.6 is 7.26 Å². The van der Waals surface area contributed by atoms with E-state index in [0.29, 0.717) is 5.75 Å². The molecule has 0 aromatic heterocycles. The highest BCUT2D eigenvalue weighted by atomic mass is 31.2. The average molecular weight is 593 g/mol. The standard InChI is InChI=1S/C21H22P.C18H13BO3/c1-2-18-22(19-12-6-3-7-13-19,20-14-8-4-9-15-20)21-16-10-5-11-17-21;20-19(21)22-17-7-3-6-12-8-9-15-10-13-4-1-2-5-14(13)11-16(15)18(12)17/h3-17H,2,18H2,1H3;1-11,20-21H/q+1;. The summed E-state index contributed by atoms with van der Waals surface area (Å²) in [7, 11) is -3.39. The van der Waals surface area contributed by atoms with Crippen molar-refractivity contribution in [3.8, 4) is 5.75 Å². The van der Waals surface area contributed by atoms with Crippen LogP contribution in [-0.4, -0.2) is 23.5 Å². The Hall–Kier alpha value is -4.47. The quantitative estimate of drug-likeness (QED) is 0.0856. The summed E-state index contributed by atoms with van der Waals surface area (Å²) in [6, 6.07) is 55.3. The highest BCUT2D eigenvalue weighted by Crippen LogP contribution is 2.55. The van der Waals surface area contributed by atoms with Gasteiger partial charge in [0.25, 0.3) is 0 Å². The van der Waals surface area contributed by atoms with Gasteiger partial charge in [0, 0.05) is 5.39 Å². The van der Waals surface area contributed by atoms with E-state index in [0.717, 1.165) is 26.9 Å². The summed E-state index contributed by atoms with van der Waals surface area (Å²) in [5, 5.41) is 29.1. The fourth-order valence-corrected chi connectivity index (χ4v) is 10.6. The molecule has 0 saturated heterocycles. The Morgan fingerprint density at radius 1 is 0.523 bits per heavy atom. The normalized spacial score (nSPS) is 11.2. The first kappa shape index (κ1) is 29.6. The first-order chi connectivity index (χ1) is 21.6. The van der Waals surface area contributed by atoms with Crippen LogP contribution in [0.15, 0.2) is 158 Å². The first-order valence-corrected chi connectivity index (χ1v) is 17.0. The number of hydrogen-bond donors (Lipinski definition) is 2. The Labute approximate surface area is 259 Å². The molecule has 7 aromatic rings. The van der Waals surface area contributed by atoms with Crippen LogP contribution in [0, 0.1) is 0 Å². The minimum Gasteiger partial charge on any atom is -0.511 e. The molecule has 0 aliphatic rings. The molecule has 0 aliphatic carbocycles. The van der Waals surface area contributed by atoms with Gasteiger partial charge in [0.1, 0.15) is 28.9 Å². The molecule has 0 saturated carbocycles. The van der Waals surface area contributed by atoms with Crippen LogP contribution in [0.5, 0.6) is 5.75 Å². The van der Waals surface area contributed by atoms with Crippen molar-refractivity contribution in [2.45, 2.75) is 13.3 Å². The van der Waals surface area contributed by atoms with Gasteiger partial charge in [-0.2, -0.15) is 0 Å². The maximum Gasteiger partial charge on any atom is 0.707 e. The Balaban J connectivity index is 0.000000156. The molecule has 216 valence electrons. The lowest BCUT2D eigenvalue weighted by Gasteiger charge is -2.27. The van der Waals surface area contributed by atoms with Crippen molar-refractivity contribution in [1.82, 2.24) is 0 Å². The number of rotatable bonds is 7. The molecular formula is C39H35BO3P+. The fraction of sp³-hybridized carbons (Fsp3) is 0.0769. The van der Waals surface area contributed by atoms with Crippen molar-refractivity contribution >= 4 is 62.8 Å². The second-order valence-electron chi connectivity index (χ2n) is 10.8. The van der Waals surface area contributed by atoms with Crippen LogP contribution in [0.1, 0.15) is 13.3 Å². The lowest BCUT2D eigenvalue weighted by molar-refractivity contribution is 0.289. The molecule has 7 aromatic carbocycles. The van der Waals surface area contributed by atoms with E-state index in [9.17, 15) is 0 Å². The van der Waals surface area contributed by atoms with E-state index in [1.807, 2.05) is 30.3 Å². The largest absolute Gasteiger partial charge is 0.707 e. The molecular weight excluding hydrogens is 558 g/mol. The third-order valence-corrected chi connectivity index (χ3v) is 12.7. The summed E-state index contributed by atoms with van der Waals surface area (Å²) >= 11 is 0. The molecule has 0 amide bonds. The van der Waals surface area contributed by atoms with Crippen LogP contribution < -0.4 is 20.6 Å². The zero-order valence-electron chi connectivity index (χ0n) is 24.8. The maximum atomic E-state index is 9.14. The molecule has 7 rings (SSSR count). The van der Waals surface area contributed by atoms with Gasteiger partial charge >= 0.3 is 7.32 Å². The lowest BCUT2D eigenvalue weighted by atomic mass is 9.97. The van der Waals surface area contributed by atoms with Gasteiger partial charge in [0.05, 0.1) is 6.16 Å². The minimum atomic E-state index is -1.83. The summed E-state index contributed by atoms with van der Waals surface area (Å²) in [4.78, 5) is 0. The number of benzene rings is 7. The van der Waals surface area contributed by atoms with Crippen molar-refractivity contribution in [1.29, 1.82) is 0 Å². The fourth-order valence-electron chi connectivity index (χ4n) is 6.20. The lowest BCUT2D eigenvalue weighted by Crippen LogP contribution is -2.33. The van der Waals surface area contributed by atoms with Gasteiger partial charge in [-0.05, 0) is 87.9 Å². The van der Waals surface area contributed by atoms with Gasteiger partial charge in [0.15, 0.2) is 0 Å². The molecule has 0 unspecified atom stereocenters. The summed E-state index contributed by atoms with van der Waals surface area (Å²) in [6.07, 6.45) is 2.40. The smallest absolute Gasteiger partial charge is 0.511 e. The molecule has 0 aliphatic heterocycles. The highest BCUT2D eigenvalue weighted by Gasteiger charge is 2.44. The van der Waals surface area contributed by atoms with Crippen LogP contribution in [0.25, 0.3) is 32.3 Å². The van der Waals surface area contributed by atoms with Crippen molar-refractivity contribution in [2.75, 3.05) is 6.16 Å². The molecule has 3 nitrogen and oxygen atoms in total. The number of fused-ring (bicyclic) bond motifs is 4. The predicted octanol–water partition coefficient (Wildman–Crippen LogP) is 7.89. The van der Waals surface area contributed by atoms with Crippen LogP contribution in [0.3, 0.4) is 0 Å². The summed E-state index contributed by atoms with van der Waals surface area (Å²) < 4.78 is 5.16.